The Labute approximate surface area is 78.6 Å². The fraction of sp³-hybridized carbons (Fsp3) is 0.727. The summed E-state index contributed by atoms with van der Waals surface area (Å²) < 4.78 is 0. The zero-order chi connectivity index (χ0) is 9.42. The van der Waals surface area contributed by atoms with Crippen molar-refractivity contribution in [1.29, 1.82) is 0 Å². The molecule has 13 heavy (non-hydrogen) atoms. The molecule has 0 unspecified atom stereocenters. The molecule has 0 spiro atoms. The first-order valence-electron chi connectivity index (χ1n) is 5.04. The number of Topliss-reactive ketones (excluding diaryl/α,β-unsaturated/α-hetero) is 1. The van der Waals surface area contributed by atoms with Crippen molar-refractivity contribution >= 4 is 5.78 Å². The summed E-state index contributed by atoms with van der Waals surface area (Å²) >= 11 is 0. The topological polar surface area (TPSA) is 37.3 Å². The molecule has 2 saturated carbocycles. The van der Waals surface area contributed by atoms with Crippen molar-refractivity contribution in [3.63, 3.8) is 0 Å². The van der Waals surface area contributed by atoms with Crippen LogP contribution in [0.3, 0.4) is 0 Å². The number of ketones is 1. The zero-order valence-electron chi connectivity index (χ0n) is 7.78. The van der Waals surface area contributed by atoms with Crippen LogP contribution in [0.5, 0.6) is 0 Å². The molecule has 2 nitrogen and oxygen atoms in total. The van der Waals surface area contributed by atoms with Gasteiger partial charge in [-0.25, -0.2) is 0 Å². The Morgan fingerprint density at radius 3 is 3.00 bits per heavy atom. The average Bonchev–Trinajstić information content (AvgIpc) is 2.52. The smallest absolute Gasteiger partial charge is 0.136 e. The second kappa shape index (κ2) is 3.26. The van der Waals surface area contributed by atoms with E-state index >= 15 is 0 Å². The van der Waals surface area contributed by atoms with Crippen molar-refractivity contribution in [3.8, 4) is 0 Å². The number of carbonyl (C=O) groups excluding carboxylic acids is 1. The zero-order valence-corrected chi connectivity index (χ0v) is 7.78. The minimum atomic E-state index is -0.157. The number of hydrogen-bond acceptors (Lipinski definition) is 2. The van der Waals surface area contributed by atoms with Gasteiger partial charge in [0.2, 0.25) is 0 Å². The van der Waals surface area contributed by atoms with E-state index in [2.05, 4.69) is 6.58 Å². The van der Waals surface area contributed by atoms with E-state index in [0.717, 1.165) is 19.3 Å². The van der Waals surface area contributed by atoms with E-state index in [-0.39, 0.29) is 12.0 Å². The Kier molecular flexibility index (Phi) is 2.24. The maximum absolute atomic E-state index is 11.6. The number of aliphatic hydroxyl groups is 1. The van der Waals surface area contributed by atoms with Gasteiger partial charge in [0.1, 0.15) is 5.78 Å². The molecule has 2 fully saturated rings. The highest BCUT2D eigenvalue weighted by Crippen LogP contribution is 2.46. The molecule has 2 heteroatoms. The lowest BCUT2D eigenvalue weighted by atomic mass is 9.89. The van der Waals surface area contributed by atoms with Crippen LogP contribution in [0.2, 0.25) is 0 Å². The normalized spacial score (nSPS) is 43.6. The lowest BCUT2D eigenvalue weighted by Crippen LogP contribution is -2.15. The van der Waals surface area contributed by atoms with E-state index in [4.69, 9.17) is 0 Å². The summed E-state index contributed by atoms with van der Waals surface area (Å²) in [7, 11) is 0. The Hall–Kier alpha value is -0.630. The van der Waals surface area contributed by atoms with Crippen LogP contribution in [-0.2, 0) is 4.79 Å². The number of carbonyl (C=O) groups is 1. The number of aliphatic hydroxyl groups excluding tert-OH is 1. The van der Waals surface area contributed by atoms with Gasteiger partial charge in [0.05, 0.1) is 6.10 Å². The molecule has 0 bridgehead atoms. The fourth-order valence-corrected chi connectivity index (χ4v) is 2.99. The third kappa shape index (κ3) is 1.44. The van der Waals surface area contributed by atoms with Crippen LogP contribution < -0.4 is 0 Å². The summed E-state index contributed by atoms with van der Waals surface area (Å²) in [6, 6.07) is 0. The van der Waals surface area contributed by atoms with Crippen molar-refractivity contribution < 1.29 is 9.90 Å². The van der Waals surface area contributed by atoms with E-state index in [1.165, 1.54) is 0 Å². The third-order valence-electron chi connectivity index (χ3n) is 3.54. The van der Waals surface area contributed by atoms with Gasteiger partial charge in [-0.05, 0) is 31.1 Å². The molecule has 0 heterocycles. The maximum atomic E-state index is 11.6. The van der Waals surface area contributed by atoms with Crippen molar-refractivity contribution in [2.45, 2.75) is 31.8 Å². The number of allylic oxidation sites excluding steroid dienone is 1. The molecule has 72 valence electrons. The molecule has 0 aromatic heterocycles. The molecule has 2 rings (SSSR count). The van der Waals surface area contributed by atoms with Crippen LogP contribution in [0.4, 0.5) is 0 Å². The Morgan fingerprint density at radius 2 is 2.31 bits per heavy atom. The maximum Gasteiger partial charge on any atom is 0.136 e. The van der Waals surface area contributed by atoms with Crippen LogP contribution in [0, 0.1) is 17.8 Å². The number of rotatable bonds is 2. The summed E-state index contributed by atoms with van der Waals surface area (Å²) in [6.45, 7) is 3.68. The monoisotopic (exact) mass is 180 g/mol. The molecular formula is C11H16O2. The highest BCUT2D eigenvalue weighted by atomic mass is 16.3. The van der Waals surface area contributed by atoms with Crippen molar-refractivity contribution in [3.05, 3.63) is 12.7 Å². The predicted molar refractivity (Wildman–Crippen MR) is 50.1 cm³/mol. The minimum Gasteiger partial charge on any atom is -0.393 e. The quantitative estimate of drug-likeness (QED) is 0.654. The lowest BCUT2D eigenvalue weighted by Gasteiger charge is -2.14. The van der Waals surface area contributed by atoms with Crippen LogP contribution in [0.15, 0.2) is 12.7 Å². The van der Waals surface area contributed by atoms with Gasteiger partial charge < -0.3 is 5.11 Å². The molecule has 0 aromatic carbocycles. The Bertz CT molecular complexity index is 234. The SMILES string of the molecule is C=CC[C@H]1C(=O)C[C@@H]2C[C@H](O)C[C@@H]21. The molecule has 2 aliphatic rings. The Balaban J connectivity index is 2.09. The third-order valence-corrected chi connectivity index (χ3v) is 3.54. The van der Waals surface area contributed by atoms with Gasteiger partial charge in [0.15, 0.2) is 0 Å². The second-order valence-electron chi connectivity index (χ2n) is 4.35. The summed E-state index contributed by atoms with van der Waals surface area (Å²) in [6.07, 6.45) is 4.83. The number of fused-ring (bicyclic) bond motifs is 1. The summed E-state index contributed by atoms with van der Waals surface area (Å²) in [5.74, 6) is 1.47. The molecule has 2 aliphatic carbocycles. The van der Waals surface area contributed by atoms with Gasteiger partial charge in [-0.15, -0.1) is 6.58 Å². The van der Waals surface area contributed by atoms with Gasteiger partial charge in [-0.1, -0.05) is 6.08 Å². The Morgan fingerprint density at radius 1 is 1.54 bits per heavy atom. The van der Waals surface area contributed by atoms with Gasteiger partial charge in [-0.3, -0.25) is 4.79 Å². The summed E-state index contributed by atoms with van der Waals surface area (Å²) in [5, 5.41) is 9.47. The van der Waals surface area contributed by atoms with Gasteiger partial charge in [0.25, 0.3) is 0 Å². The molecule has 4 atom stereocenters. The van der Waals surface area contributed by atoms with Gasteiger partial charge in [0, 0.05) is 12.3 Å². The van der Waals surface area contributed by atoms with E-state index in [0.29, 0.717) is 24.0 Å². The van der Waals surface area contributed by atoms with E-state index in [1.807, 2.05) is 6.08 Å². The summed E-state index contributed by atoms with van der Waals surface area (Å²) in [4.78, 5) is 11.6. The molecular weight excluding hydrogens is 164 g/mol. The van der Waals surface area contributed by atoms with Crippen molar-refractivity contribution in [2.24, 2.45) is 17.8 Å². The average molecular weight is 180 g/mol. The van der Waals surface area contributed by atoms with Crippen molar-refractivity contribution in [2.75, 3.05) is 0 Å². The summed E-state index contributed by atoms with van der Waals surface area (Å²) in [5.41, 5.74) is 0. The first kappa shape index (κ1) is 8.95. The standard InChI is InChI=1S/C11H16O2/c1-2-3-9-10-6-8(12)4-7(10)5-11(9)13/h2,7-10,12H,1,3-6H2/t7-,8-,9+,10-/m0/s1. The second-order valence-corrected chi connectivity index (χ2v) is 4.35. The highest BCUT2D eigenvalue weighted by Gasteiger charge is 2.46. The predicted octanol–water partition coefficient (Wildman–Crippen LogP) is 1.54. The van der Waals surface area contributed by atoms with Crippen LogP contribution in [0.25, 0.3) is 0 Å². The first-order valence-corrected chi connectivity index (χ1v) is 5.04. The highest BCUT2D eigenvalue weighted by molar-refractivity contribution is 5.84. The molecule has 0 aromatic rings. The van der Waals surface area contributed by atoms with Gasteiger partial charge >= 0.3 is 0 Å². The molecule has 0 amide bonds. The molecule has 1 N–H and O–H groups in total. The first-order chi connectivity index (χ1) is 6.22. The van der Waals surface area contributed by atoms with E-state index in [1.54, 1.807) is 0 Å². The largest absolute Gasteiger partial charge is 0.393 e. The van der Waals surface area contributed by atoms with Crippen molar-refractivity contribution in [1.82, 2.24) is 0 Å². The van der Waals surface area contributed by atoms with E-state index in [9.17, 15) is 9.90 Å². The molecule has 0 aliphatic heterocycles. The van der Waals surface area contributed by atoms with E-state index < -0.39 is 0 Å². The van der Waals surface area contributed by atoms with Crippen LogP contribution >= 0.6 is 0 Å². The van der Waals surface area contributed by atoms with Gasteiger partial charge in [-0.2, -0.15) is 0 Å². The molecule has 0 radical (unpaired) electrons. The lowest BCUT2D eigenvalue weighted by molar-refractivity contribution is -0.121. The number of hydrogen-bond donors (Lipinski definition) is 1. The molecule has 0 saturated heterocycles. The fourth-order valence-electron chi connectivity index (χ4n) is 2.99. The van der Waals surface area contributed by atoms with Crippen LogP contribution in [0.1, 0.15) is 25.7 Å². The minimum absolute atomic E-state index is 0.157. The van der Waals surface area contributed by atoms with Crippen LogP contribution in [-0.4, -0.2) is 17.0 Å².